The fraction of sp³-hybridized carbons (Fsp3) is 0.385. The minimum absolute atomic E-state index is 0.294. The van der Waals surface area contributed by atoms with Crippen molar-refractivity contribution in [2.75, 3.05) is 0 Å². The van der Waals surface area contributed by atoms with Gasteiger partial charge < -0.3 is 5.11 Å². The molecule has 1 saturated carbocycles. The minimum atomic E-state index is -0.877. The van der Waals surface area contributed by atoms with Gasteiger partial charge in [-0.3, -0.25) is 0 Å². The average molecular weight is 264 g/mol. The molecule has 1 heterocycles. The Hall–Kier alpha value is -1.39. The van der Waals surface area contributed by atoms with Crippen LogP contribution in [0.5, 0.6) is 0 Å². The Morgan fingerprint density at radius 3 is 2.61 bits per heavy atom. The third-order valence-electron chi connectivity index (χ3n) is 3.47. The van der Waals surface area contributed by atoms with Crippen molar-refractivity contribution < 1.29 is 5.11 Å². The number of benzene rings is 1. The molecule has 0 saturated heterocycles. The highest BCUT2D eigenvalue weighted by atomic mass is 35.5. The molecule has 94 valence electrons. The van der Waals surface area contributed by atoms with E-state index in [4.69, 9.17) is 11.6 Å². The van der Waals surface area contributed by atoms with Crippen LogP contribution < -0.4 is 0 Å². The van der Waals surface area contributed by atoms with Crippen LogP contribution in [0.25, 0.3) is 0 Å². The molecule has 18 heavy (non-hydrogen) atoms. The van der Waals surface area contributed by atoms with Crippen LogP contribution in [0.15, 0.2) is 36.9 Å². The van der Waals surface area contributed by atoms with E-state index in [0.29, 0.717) is 17.5 Å². The van der Waals surface area contributed by atoms with Crippen molar-refractivity contribution in [1.82, 2.24) is 14.8 Å². The Kier molecular flexibility index (Phi) is 2.84. The predicted molar refractivity (Wildman–Crippen MR) is 68.1 cm³/mol. The normalized spacial score (nSPS) is 18.6. The third kappa shape index (κ3) is 2.13. The molecule has 0 aliphatic heterocycles. The summed E-state index contributed by atoms with van der Waals surface area (Å²) in [6, 6.07) is 7.40. The quantitative estimate of drug-likeness (QED) is 0.920. The van der Waals surface area contributed by atoms with Crippen LogP contribution >= 0.6 is 11.6 Å². The van der Waals surface area contributed by atoms with E-state index < -0.39 is 5.60 Å². The lowest BCUT2D eigenvalue weighted by Gasteiger charge is -2.28. The first-order valence-corrected chi connectivity index (χ1v) is 6.37. The maximum atomic E-state index is 11.0. The van der Waals surface area contributed by atoms with E-state index in [0.717, 1.165) is 18.4 Å². The van der Waals surface area contributed by atoms with Gasteiger partial charge in [0.15, 0.2) is 0 Å². The van der Waals surface area contributed by atoms with Crippen molar-refractivity contribution in [1.29, 1.82) is 0 Å². The summed E-state index contributed by atoms with van der Waals surface area (Å²) in [6.45, 7) is 0.430. The van der Waals surface area contributed by atoms with Crippen LogP contribution in [0, 0.1) is 5.92 Å². The van der Waals surface area contributed by atoms with Crippen LogP contribution in [0.2, 0.25) is 5.02 Å². The second-order valence-electron chi connectivity index (χ2n) is 4.80. The Bertz CT molecular complexity index is 522. The number of aromatic nitrogens is 3. The molecule has 1 fully saturated rings. The van der Waals surface area contributed by atoms with Crippen LogP contribution in [-0.2, 0) is 12.1 Å². The molecule has 0 amide bonds. The Morgan fingerprint density at radius 2 is 2.06 bits per heavy atom. The van der Waals surface area contributed by atoms with Crippen molar-refractivity contribution in [2.45, 2.75) is 25.0 Å². The first kappa shape index (κ1) is 11.7. The maximum absolute atomic E-state index is 11.0. The van der Waals surface area contributed by atoms with Gasteiger partial charge in [0, 0.05) is 5.02 Å². The zero-order chi connectivity index (χ0) is 12.6. The Balaban J connectivity index is 1.93. The molecule has 1 aromatic heterocycles. The number of nitrogens with zero attached hydrogens (tertiary/aromatic N) is 3. The molecule has 1 aliphatic rings. The van der Waals surface area contributed by atoms with Gasteiger partial charge in [-0.15, -0.1) is 0 Å². The van der Waals surface area contributed by atoms with E-state index in [-0.39, 0.29) is 0 Å². The largest absolute Gasteiger partial charge is 0.383 e. The van der Waals surface area contributed by atoms with Gasteiger partial charge in [0.1, 0.15) is 18.3 Å². The van der Waals surface area contributed by atoms with E-state index in [1.54, 1.807) is 11.0 Å². The highest BCUT2D eigenvalue weighted by Gasteiger charge is 2.45. The topological polar surface area (TPSA) is 50.9 Å². The molecule has 2 aromatic rings. The molecule has 1 N–H and O–H groups in total. The van der Waals surface area contributed by atoms with Gasteiger partial charge in [-0.25, -0.2) is 9.67 Å². The Labute approximate surface area is 110 Å². The molecule has 1 aliphatic carbocycles. The van der Waals surface area contributed by atoms with Crippen molar-refractivity contribution in [2.24, 2.45) is 5.92 Å². The molecule has 3 rings (SSSR count). The molecule has 4 nitrogen and oxygen atoms in total. The zero-order valence-electron chi connectivity index (χ0n) is 9.83. The van der Waals surface area contributed by atoms with E-state index >= 15 is 0 Å². The summed E-state index contributed by atoms with van der Waals surface area (Å²) in [5, 5.41) is 15.7. The molecule has 0 spiro atoms. The number of aliphatic hydroxyl groups is 1. The summed E-state index contributed by atoms with van der Waals surface area (Å²) in [6.07, 6.45) is 5.21. The van der Waals surface area contributed by atoms with Crippen LogP contribution in [0.4, 0.5) is 0 Å². The minimum Gasteiger partial charge on any atom is -0.383 e. The van der Waals surface area contributed by atoms with E-state index in [2.05, 4.69) is 10.1 Å². The van der Waals surface area contributed by atoms with E-state index in [1.807, 2.05) is 24.3 Å². The fourth-order valence-electron chi connectivity index (χ4n) is 2.32. The summed E-state index contributed by atoms with van der Waals surface area (Å²) in [7, 11) is 0. The Morgan fingerprint density at radius 1 is 1.33 bits per heavy atom. The van der Waals surface area contributed by atoms with Crippen LogP contribution in [0.3, 0.4) is 0 Å². The maximum Gasteiger partial charge on any atom is 0.137 e. The lowest BCUT2D eigenvalue weighted by atomic mass is 9.89. The van der Waals surface area contributed by atoms with E-state index in [9.17, 15) is 5.11 Å². The molecule has 1 unspecified atom stereocenters. The predicted octanol–water partition coefficient (Wildman–Crippen LogP) is 2.23. The first-order valence-electron chi connectivity index (χ1n) is 5.99. The monoisotopic (exact) mass is 263 g/mol. The second-order valence-corrected chi connectivity index (χ2v) is 5.23. The van der Waals surface area contributed by atoms with Crippen molar-refractivity contribution in [3.8, 4) is 0 Å². The summed E-state index contributed by atoms with van der Waals surface area (Å²) in [4.78, 5) is 3.91. The highest BCUT2D eigenvalue weighted by molar-refractivity contribution is 6.30. The van der Waals surface area contributed by atoms with Gasteiger partial charge in [0.05, 0.1) is 6.54 Å². The summed E-state index contributed by atoms with van der Waals surface area (Å²) >= 11 is 5.89. The molecular formula is C13H14ClN3O. The fourth-order valence-corrected chi connectivity index (χ4v) is 2.44. The van der Waals surface area contributed by atoms with Gasteiger partial charge >= 0.3 is 0 Å². The summed E-state index contributed by atoms with van der Waals surface area (Å²) < 4.78 is 1.67. The average Bonchev–Trinajstić information content (AvgIpc) is 3.11. The molecular weight excluding hydrogens is 250 g/mol. The van der Waals surface area contributed by atoms with Crippen molar-refractivity contribution in [3.05, 3.63) is 47.5 Å². The zero-order valence-corrected chi connectivity index (χ0v) is 10.6. The molecule has 1 aromatic carbocycles. The van der Waals surface area contributed by atoms with Gasteiger partial charge in [0.25, 0.3) is 0 Å². The number of hydrogen-bond donors (Lipinski definition) is 1. The molecule has 5 heteroatoms. The van der Waals surface area contributed by atoms with Crippen molar-refractivity contribution >= 4 is 11.6 Å². The van der Waals surface area contributed by atoms with E-state index in [1.165, 1.54) is 6.33 Å². The van der Waals surface area contributed by atoms with Crippen LogP contribution in [0.1, 0.15) is 18.4 Å². The standard InChI is InChI=1S/C13H14ClN3O/c14-12-5-3-11(4-6-12)13(18,10-1-2-10)7-17-9-15-8-16-17/h3-6,8-10,18H,1-2,7H2. The number of halogens is 1. The number of hydrogen-bond acceptors (Lipinski definition) is 3. The summed E-state index contributed by atoms with van der Waals surface area (Å²) in [5.74, 6) is 0.294. The molecule has 0 bridgehead atoms. The summed E-state index contributed by atoms with van der Waals surface area (Å²) in [5.41, 5.74) is 0.0167. The third-order valence-corrected chi connectivity index (χ3v) is 3.72. The highest BCUT2D eigenvalue weighted by Crippen LogP contribution is 2.46. The number of rotatable bonds is 4. The molecule has 0 radical (unpaired) electrons. The molecule has 1 atom stereocenters. The lowest BCUT2D eigenvalue weighted by Crippen LogP contribution is -2.34. The second kappa shape index (κ2) is 4.37. The van der Waals surface area contributed by atoms with Crippen LogP contribution in [-0.4, -0.2) is 19.9 Å². The van der Waals surface area contributed by atoms with Crippen molar-refractivity contribution in [3.63, 3.8) is 0 Å². The lowest BCUT2D eigenvalue weighted by molar-refractivity contribution is -0.00775. The smallest absolute Gasteiger partial charge is 0.137 e. The van der Waals surface area contributed by atoms with Gasteiger partial charge in [0.2, 0.25) is 0 Å². The SMILES string of the molecule is OC(Cn1cncn1)(c1ccc(Cl)cc1)C1CC1. The van der Waals surface area contributed by atoms with Gasteiger partial charge in [-0.1, -0.05) is 23.7 Å². The van der Waals surface area contributed by atoms with Gasteiger partial charge in [-0.2, -0.15) is 5.10 Å². The van der Waals surface area contributed by atoms with Gasteiger partial charge in [-0.05, 0) is 36.5 Å². The first-order chi connectivity index (χ1) is 8.68.